The van der Waals surface area contributed by atoms with Crippen molar-refractivity contribution in [2.24, 2.45) is 19.8 Å². The van der Waals surface area contributed by atoms with Crippen LogP contribution in [0.4, 0.5) is 0 Å². The summed E-state index contributed by atoms with van der Waals surface area (Å²) in [6.45, 7) is 14.2. The molecular weight excluding hydrogens is 1020 g/mol. The highest BCUT2D eigenvalue weighted by molar-refractivity contribution is 6.62. The zero-order valence-corrected chi connectivity index (χ0v) is 46.6. The molecule has 7 N–H and O–H groups in total. The summed E-state index contributed by atoms with van der Waals surface area (Å²) < 4.78 is 15.1. The summed E-state index contributed by atoms with van der Waals surface area (Å²) >= 11 is 17.2. The van der Waals surface area contributed by atoms with Crippen LogP contribution in [-0.4, -0.2) is 89.8 Å². The number of carbonyl (C=O) groups is 4. The van der Waals surface area contributed by atoms with Gasteiger partial charge in [-0.2, -0.15) is 0 Å². The third kappa shape index (κ3) is 19.7. The molecule has 6 rings (SSSR count). The Morgan fingerprint density at radius 2 is 0.987 bits per heavy atom. The van der Waals surface area contributed by atoms with Crippen molar-refractivity contribution >= 4 is 57.8 Å². The number of aromatic nitrogens is 4. The Hall–Kier alpha value is -6.27. The van der Waals surface area contributed by atoms with Gasteiger partial charge in [0.25, 0.3) is 11.8 Å². The second kappa shape index (κ2) is 29.7. The lowest BCUT2D eigenvalue weighted by Gasteiger charge is -2.19. The second-order valence-corrected chi connectivity index (χ2v) is 20.0. The van der Waals surface area contributed by atoms with Gasteiger partial charge in [0.2, 0.25) is 11.1 Å². The summed E-state index contributed by atoms with van der Waals surface area (Å²) in [5.41, 5.74) is 12.5. The van der Waals surface area contributed by atoms with Crippen molar-refractivity contribution in [3.05, 3.63) is 141 Å². The normalized spacial score (nSPS) is 12.6. The number of nitrogens with two attached hydrogens (primary N) is 1. The number of hydrogen-bond acceptors (Lipinski definition) is 11. The first-order valence-electron chi connectivity index (χ1n) is 24.7. The molecule has 75 heavy (non-hydrogen) atoms. The summed E-state index contributed by atoms with van der Waals surface area (Å²) in [7, 11) is 3.84. The molecule has 4 aromatic carbocycles. The molecule has 0 saturated carbocycles. The number of carbonyl (C=O) groups excluding carboxylic acids is 4. The first kappa shape index (κ1) is 61.3. The molecule has 0 saturated heterocycles. The molecule has 19 heteroatoms. The lowest BCUT2D eigenvalue weighted by Crippen LogP contribution is -2.37. The van der Waals surface area contributed by atoms with Crippen LogP contribution < -0.4 is 31.2 Å². The topological polar surface area (TPSA) is 225 Å². The standard InChI is InChI=1S/C28H35ClN4O4.C26H33ClN4O3.C2H3ClO/c1-17(2)37-26-11-10-22(15-24(26)29)28(36)31-23(12-13-34)14-20-6-8-21(9-7-20)25-16-33(5)27(32-25)18(3)30-19(4)35;1-16(2)34-24-10-9-20(14-22(24)27)26(33)29-21(11-12-32)13-18-5-7-19(8-6-18)23-15-31(4)25(30-23)17(3)28;1-2(3)4/h6-11,15-18,23,34H,12-14H2,1-5H3,(H,30,35)(H,31,36);5-10,14-17,21,32H,11-13,28H2,1-4H3,(H,29,33);1H3/t18?,23-;17?,21-;/m11./s1. The molecule has 0 aliphatic rings. The van der Waals surface area contributed by atoms with E-state index in [4.69, 9.17) is 43.4 Å². The van der Waals surface area contributed by atoms with Crippen LogP contribution in [0.15, 0.2) is 97.3 Å². The van der Waals surface area contributed by atoms with Gasteiger partial charge in [-0.3, -0.25) is 19.2 Å². The number of nitrogens with one attached hydrogen (secondary N) is 3. The fraction of sp³-hybridized carbons (Fsp3) is 0.393. The van der Waals surface area contributed by atoms with E-state index in [-0.39, 0.29) is 72.6 Å². The van der Waals surface area contributed by atoms with Crippen LogP contribution in [0.2, 0.25) is 10.0 Å². The Bertz CT molecular complexity index is 2810. The lowest BCUT2D eigenvalue weighted by atomic mass is 10.0. The van der Waals surface area contributed by atoms with E-state index in [9.17, 15) is 29.4 Å². The Kier molecular flexibility index (Phi) is 24.3. The van der Waals surface area contributed by atoms with Gasteiger partial charge in [-0.05, 0) is 126 Å². The minimum atomic E-state index is -0.361. The van der Waals surface area contributed by atoms with Gasteiger partial charge >= 0.3 is 0 Å². The first-order chi connectivity index (χ1) is 35.5. The van der Waals surface area contributed by atoms with Crippen molar-refractivity contribution in [3.63, 3.8) is 0 Å². The molecule has 0 bridgehead atoms. The Balaban J connectivity index is 0.000000304. The number of imidazole rings is 2. The van der Waals surface area contributed by atoms with E-state index in [0.717, 1.165) is 45.3 Å². The van der Waals surface area contributed by atoms with Gasteiger partial charge in [-0.1, -0.05) is 71.7 Å². The third-order valence-electron chi connectivity index (χ3n) is 11.2. The minimum absolute atomic E-state index is 0.0126. The van der Waals surface area contributed by atoms with E-state index >= 15 is 0 Å². The fourth-order valence-electron chi connectivity index (χ4n) is 7.91. The van der Waals surface area contributed by atoms with Crippen molar-refractivity contribution in [3.8, 4) is 34.0 Å². The number of hydrogen-bond donors (Lipinski definition) is 6. The number of aliphatic hydroxyl groups excluding tert-OH is 2. The van der Waals surface area contributed by atoms with Gasteiger partial charge in [0.05, 0.1) is 45.7 Å². The maximum Gasteiger partial charge on any atom is 0.251 e. The molecule has 2 heterocycles. The van der Waals surface area contributed by atoms with E-state index in [1.54, 1.807) is 36.4 Å². The van der Waals surface area contributed by atoms with Crippen molar-refractivity contribution in [2.75, 3.05) is 13.2 Å². The van der Waals surface area contributed by atoms with Crippen molar-refractivity contribution in [2.45, 2.75) is 117 Å². The molecular formula is C56H71Cl3N8O8. The van der Waals surface area contributed by atoms with E-state index in [2.05, 4.69) is 32.5 Å². The number of ether oxygens (including phenoxy) is 2. The lowest BCUT2D eigenvalue weighted by molar-refractivity contribution is -0.119. The van der Waals surface area contributed by atoms with Crippen LogP contribution in [0.3, 0.4) is 0 Å². The molecule has 0 spiro atoms. The number of aryl methyl sites for hydroxylation is 2. The Morgan fingerprint density at radius 3 is 1.31 bits per heavy atom. The summed E-state index contributed by atoms with van der Waals surface area (Å²) in [4.78, 5) is 55.6. The molecule has 16 nitrogen and oxygen atoms in total. The van der Waals surface area contributed by atoms with Crippen LogP contribution in [0.1, 0.15) is 124 Å². The highest BCUT2D eigenvalue weighted by Gasteiger charge is 2.20. The average Bonchev–Trinajstić information content (AvgIpc) is 3.93. The molecule has 404 valence electrons. The van der Waals surface area contributed by atoms with Crippen LogP contribution in [0.25, 0.3) is 22.5 Å². The zero-order valence-electron chi connectivity index (χ0n) is 44.3. The maximum absolute atomic E-state index is 12.9. The van der Waals surface area contributed by atoms with Gasteiger partial charge in [0.15, 0.2) is 0 Å². The number of benzene rings is 4. The average molecular weight is 1090 g/mol. The molecule has 4 atom stereocenters. The van der Waals surface area contributed by atoms with Crippen LogP contribution in [-0.2, 0) is 36.5 Å². The van der Waals surface area contributed by atoms with Crippen molar-refractivity contribution < 1.29 is 38.9 Å². The molecule has 0 fully saturated rings. The smallest absolute Gasteiger partial charge is 0.251 e. The van der Waals surface area contributed by atoms with E-state index in [1.807, 2.05) is 126 Å². The quantitative estimate of drug-likeness (QED) is 0.0372. The molecule has 3 amide bonds. The molecule has 6 aromatic rings. The largest absolute Gasteiger partial charge is 0.489 e. The first-order valence-corrected chi connectivity index (χ1v) is 25.8. The van der Waals surface area contributed by atoms with E-state index < -0.39 is 0 Å². The molecule has 2 unspecified atom stereocenters. The number of aliphatic hydroxyl groups is 2. The van der Waals surface area contributed by atoms with Gasteiger partial charge in [0, 0.05) is 87.9 Å². The minimum Gasteiger partial charge on any atom is -0.489 e. The number of amides is 3. The van der Waals surface area contributed by atoms with Gasteiger partial charge in [-0.15, -0.1) is 0 Å². The summed E-state index contributed by atoms with van der Waals surface area (Å²) in [5, 5.41) is 28.4. The second-order valence-electron chi connectivity index (χ2n) is 18.7. The highest BCUT2D eigenvalue weighted by Crippen LogP contribution is 2.29. The summed E-state index contributed by atoms with van der Waals surface area (Å²) in [6, 6.07) is 25.1. The predicted molar refractivity (Wildman–Crippen MR) is 296 cm³/mol. The van der Waals surface area contributed by atoms with Crippen LogP contribution in [0, 0.1) is 0 Å². The fourth-order valence-corrected chi connectivity index (χ4v) is 8.36. The summed E-state index contributed by atoms with van der Waals surface area (Å²) in [5.74, 6) is 2.06. The summed E-state index contributed by atoms with van der Waals surface area (Å²) in [6.07, 6.45) is 5.86. The molecule has 0 aliphatic carbocycles. The Labute approximate surface area is 455 Å². The van der Waals surface area contributed by atoms with Crippen molar-refractivity contribution in [1.82, 2.24) is 35.1 Å². The third-order valence-corrected chi connectivity index (χ3v) is 11.8. The number of halogens is 3. The maximum atomic E-state index is 12.9. The molecule has 0 aliphatic heterocycles. The van der Waals surface area contributed by atoms with Crippen LogP contribution >= 0.6 is 34.8 Å². The van der Waals surface area contributed by atoms with Gasteiger partial charge in [-0.25, -0.2) is 9.97 Å². The number of rotatable bonds is 21. The van der Waals surface area contributed by atoms with E-state index in [0.29, 0.717) is 58.4 Å². The van der Waals surface area contributed by atoms with Gasteiger partial charge < -0.3 is 50.5 Å². The Morgan fingerprint density at radius 1 is 0.613 bits per heavy atom. The zero-order chi connectivity index (χ0) is 55.5. The van der Waals surface area contributed by atoms with Crippen molar-refractivity contribution in [1.29, 1.82) is 0 Å². The number of nitrogens with zero attached hydrogens (tertiary/aromatic N) is 4. The SMILES string of the molecule is CC(=O)Cl.CC(=O)NC(C)c1nc(-c2ccc(C[C@@H](CCO)NC(=O)c3ccc(OC(C)C)c(Cl)c3)cc2)cn1C.CC(C)Oc1ccc(C(=O)N[C@H](CCO)Cc2ccc(-c3cn(C)c(C(C)N)n3)cc2)cc1Cl. The van der Waals surface area contributed by atoms with E-state index in [1.165, 1.54) is 13.8 Å². The molecule has 2 aromatic heterocycles. The van der Waals surface area contributed by atoms with Crippen LogP contribution in [0.5, 0.6) is 11.5 Å². The monoisotopic (exact) mass is 1090 g/mol. The molecule has 0 radical (unpaired) electrons. The predicted octanol–water partition coefficient (Wildman–Crippen LogP) is 9.49. The highest BCUT2D eigenvalue weighted by atomic mass is 35.5. The van der Waals surface area contributed by atoms with Gasteiger partial charge in [0.1, 0.15) is 23.1 Å².